The molecule has 5 heteroatoms. The first kappa shape index (κ1) is 18.0. The van der Waals surface area contributed by atoms with Crippen LogP contribution in [0.4, 0.5) is 0 Å². The van der Waals surface area contributed by atoms with Crippen molar-refractivity contribution in [2.45, 2.75) is 57.4 Å². The Morgan fingerprint density at radius 2 is 1.64 bits per heavy atom. The SMILES string of the molecule is Cl.O=C(CC1CCCCCC1)N1CCC(N2CCNCC2)C1. The number of hydrogen-bond donors (Lipinski definition) is 1. The molecule has 3 rings (SSSR count). The Labute approximate surface area is 141 Å². The summed E-state index contributed by atoms with van der Waals surface area (Å²) in [5.41, 5.74) is 0. The van der Waals surface area contributed by atoms with Crippen molar-refractivity contribution < 1.29 is 4.79 Å². The highest BCUT2D eigenvalue weighted by molar-refractivity contribution is 5.85. The molecule has 2 aliphatic heterocycles. The lowest BCUT2D eigenvalue weighted by molar-refractivity contribution is -0.131. The van der Waals surface area contributed by atoms with Crippen LogP contribution >= 0.6 is 12.4 Å². The molecule has 128 valence electrons. The van der Waals surface area contributed by atoms with Gasteiger partial charge in [0.2, 0.25) is 5.91 Å². The highest BCUT2D eigenvalue weighted by Crippen LogP contribution is 2.27. The Hall–Kier alpha value is -0.320. The van der Waals surface area contributed by atoms with Gasteiger partial charge in [-0.2, -0.15) is 0 Å². The molecular formula is C17H32ClN3O. The lowest BCUT2D eigenvalue weighted by Gasteiger charge is -2.32. The summed E-state index contributed by atoms with van der Waals surface area (Å²) in [6, 6.07) is 0.616. The summed E-state index contributed by atoms with van der Waals surface area (Å²) in [6.45, 7) is 6.47. The van der Waals surface area contributed by atoms with Crippen molar-refractivity contribution in [3.05, 3.63) is 0 Å². The molecule has 0 aromatic rings. The number of halogens is 1. The fourth-order valence-corrected chi connectivity index (χ4v) is 4.26. The summed E-state index contributed by atoms with van der Waals surface area (Å²) < 4.78 is 0. The monoisotopic (exact) mass is 329 g/mol. The third-order valence-corrected chi connectivity index (χ3v) is 5.62. The summed E-state index contributed by atoms with van der Waals surface area (Å²) in [6.07, 6.45) is 9.97. The Morgan fingerprint density at radius 3 is 2.32 bits per heavy atom. The van der Waals surface area contributed by atoms with E-state index in [1.165, 1.54) is 44.9 Å². The molecule has 1 saturated carbocycles. The largest absolute Gasteiger partial charge is 0.341 e. The molecule has 2 saturated heterocycles. The summed E-state index contributed by atoms with van der Waals surface area (Å²) >= 11 is 0. The third kappa shape index (κ3) is 4.84. The molecule has 1 atom stereocenters. The van der Waals surface area contributed by atoms with Gasteiger partial charge in [-0.05, 0) is 25.2 Å². The molecule has 2 heterocycles. The van der Waals surface area contributed by atoms with E-state index in [1.807, 2.05) is 0 Å². The number of nitrogens with one attached hydrogen (secondary N) is 1. The van der Waals surface area contributed by atoms with Crippen LogP contribution in [0.25, 0.3) is 0 Å². The summed E-state index contributed by atoms with van der Waals surface area (Å²) in [4.78, 5) is 17.3. The van der Waals surface area contributed by atoms with Crippen LogP contribution in [0.2, 0.25) is 0 Å². The van der Waals surface area contributed by atoms with Gasteiger partial charge in [-0.25, -0.2) is 0 Å². The van der Waals surface area contributed by atoms with Crippen molar-refractivity contribution in [2.24, 2.45) is 5.92 Å². The van der Waals surface area contributed by atoms with Crippen LogP contribution in [0.5, 0.6) is 0 Å². The maximum absolute atomic E-state index is 12.5. The van der Waals surface area contributed by atoms with Gasteiger partial charge in [-0.3, -0.25) is 9.69 Å². The lowest BCUT2D eigenvalue weighted by Crippen LogP contribution is -2.49. The quantitative estimate of drug-likeness (QED) is 0.807. The normalized spacial score (nSPS) is 28.2. The average molecular weight is 330 g/mol. The van der Waals surface area contributed by atoms with Crippen molar-refractivity contribution in [3.63, 3.8) is 0 Å². The molecule has 0 spiro atoms. The van der Waals surface area contributed by atoms with E-state index in [4.69, 9.17) is 0 Å². The molecule has 0 aromatic heterocycles. The minimum Gasteiger partial charge on any atom is -0.341 e. The number of likely N-dealkylation sites (tertiary alicyclic amines) is 1. The second-order valence-corrected chi connectivity index (χ2v) is 7.13. The Morgan fingerprint density at radius 1 is 0.955 bits per heavy atom. The van der Waals surface area contributed by atoms with E-state index in [0.29, 0.717) is 17.9 Å². The Balaban J connectivity index is 0.00000176. The average Bonchev–Trinajstić information content (AvgIpc) is 2.88. The second kappa shape index (κ2) is 9.09. The molecule has 0 bridgehead atoms. The number of nitrogens with zero attached hydrogens (tertiary/aromatic N) is 2. The maximum atomic E-state index is 12.5. The molecule has 4 nitrogen and oxygen atoms in total. The minimum absolute atomic E-state index is 0. The number of hydrogen-bond acceptors (Lipinski definition) is 3. The van der Waals surface area contributed by atoms with E-state index >= 15 is 0 Å². The third-order valence-electron chi connectivity index (χ3n) is 5.62. The van der Waals surface area contributed by atoms with Gasteiger partial charge in [0.15, 0.2) is 0 Å². The van der Waals surface area contributed by atoms with E-state index in [1.54, 1.807) is 0 Å². The van der Waals surface area contributed by atoms with Crippen molar-refractivity contribution in [1.82, 2.24) is 15.1 Å². The first-order valence-corrected chi connectivity index (χ1v) is 9.05. The zero-order chi connectivity index (χ0) is 14.5. The standard InChI is InChI=1S/C17H31N3O.ClH/c21-17(13-15-5-3-1-2-4-6-15)20-10-7-16(14-20)19-11-8-18-9-12-19;/h15-16,18H,1-14H2;1H. The van der Waals surface area contributed by atoms with E-state index in [-0.39, 0.29) is 12.4 Å². The van der Waals surface area contributed by atoms with Crippen LogP contribution in [0, 0.1) is 5.92 Å². The molecule has 3 aliphatic rings. The molecule has 22 heavy (non-hydrogen) atoms. The molecule has 1 unspecified atom stereocenters. The fraction of sp³-hybridized carbons (Fsp3) is 0.941. The van der Waals surface area contributed by atoms with Gasteiger partial charge in [-0.15, -0.1) is 12.4 Å². The van der Waals surface area contributed by atoms with Crippen LogP contribution in [0.15, 0.2) is 0 Å². The number of piperazine rings is 1. The molecule has 1 N–H and O–H groups in total. The zero-order valence-electron chi connectivity index (χ0n) is 13.8. The first-order chi connectivity index (χ1) is 10.3. The Bertz CT molecular complexity index is 339. The lowest BCUT2D eigenvalue weighted by atomic mass is 9.96. The number of amides is 1. The summed E-state index contributed by atoms with van der Waals surface area (Å²) in [5.74, 6) is 1.10. The minimum atomic E-state index is 0. The fourth-order valence-electron chi connectivity index (χ4n) is 4.26. The number of carbonyl (C=O) groups excluding carboxylic acids is 1. The maximum Gasteiger partial charge on any atom is 0.222 e. The van der Waals surface area contributed by atoms with Crippen molar-refractivity contribution >= 4 is 18.3 Å². The smallest absolute Gasteiger partial charge is 0.222 e. The van der Waals surface area contributed by atoms with Gasteiger partial charge in [0.05, 0.1) is 0 Å². The number of carbonyl (C=O) groups is 1. The van der Waals surface area contributed by atoms with Gasteiger partial charge >= 0.3 is 0 Å². The zero-order valence-corrected chi connectivity index (χ0v) is 14.6. The van der Waals surface area contributed by atoms with Crippen LogP contribution in [0.3, 0.4) is 0 Å². The topological polar surface area (TPSA) is 35.6 Å². The van der Waals surface area contributed by atoms with E-state index < -0.39 is 0 Å². The van der Waals surface area contributed by atoms with E-state index in [0.717, 1.165) is 45.7 Å². The van der Waals surface area contributed by atoms with Crippen LogP contribution in [-0.2, 0) is 4.79 Å². The predicted octanol–water partition coefficient (Wildman–Crippen LogP) is 2.27. The van der Waals surface area contributed by atoms with E-state index in [9.17, 15) is 4.79 Å². The summed E-state index contributed by atoms with van der Waals surface area (Å²) in [5, 5.41) is 3.41. The van der Waals surface area contributed by atoms with Crippen LogP contribution < -0.4 is 5.32 Å². The molecule has 3 fully saturated rings. The predicted molar refractivity (Wildman–Crippen MR) is 92.5 cm³/mol. The van der Waals surface area contributed by atoms with Gasteiger partial charge in [0.1, 0.15) is 0 Å². The highest BCUT2D eigenvalue weighted by atomic mass is 35.5. The first-order valence-electron chi connectivity index (χ1n) is 9.05. The molecular weight excluding hydrogens is 298 g/mol. The van der Waals surface area contributed by atoms with Crippen LogP contribution in [0.1, 0.15) is 51.4 Å². The highest BCUT2D eigenvalue weighted by Gasteiger charge is 2.31. The van der Waals surface area contributed by atoms with Crippen LogP contribution in [-0.4, -0.2) is 61.0 Å². The summed E-state index contributed by atoms with van der Waals surface area (Å²) in [7, 11) is 0. The second-order valence-electron chi connectivity index (χ2n) is 7.13. The van der Waals surface area contributed by atoms with Crippen molar-refractivity contribution in [1.29, 1.82) is 0 Å². The van der Waals surface area contributed by atoms with E-state index in [2.05, 4.69) is 15.1 Å². The van der Waals surface area contributed by atoms with Crippen molar-refractivity contribution in [2.75, 3.05) is 39.3 Å². The molecule has 0 aromatic carbocycles. The van der Waals surface area contributed by atoms with Gasteiger partial charge in [0.25, 0.3) is 0 Å². The molecule has 1 amide bonds. The molecule has 0 radical (unpaired) electrons. The van der Waals surface area contributed by atoms with Gasteiger partial charge < -0.3 is 10.2 Å². The van der Waals surface area contributed by atoms with Gasteiger partial charge in [0, 0.05) is 51.7 Å². The molecule has 1 aliphatic carbocycles. The van der Waals surface area contributed by atoms with Crippen molar-refractivity contribution in [3.8, 4) is 0 Å². The Kier molecular flexibility index (Phi) is 7.45. The van der Waals surface area contributed by atoms with Gasteiger partial charge in [-0.1, -0.05) is 25.7 Å². The number of rotatable bonds is 3.